The van der Waals surface area contributed by atoms with Crippen molar-refractivity contribution in [3.8, 4) is 0 Å². The number of aliphatic hydroxyl groups is 1. The first kappa shape index (κ1) is 17.9. The number of hydrogen-bond donors (Lipinski definition) is 1. The SMILES string of the molecule is CC[C@@H](O)CN1CCN(C(=O)c2ccc(S(C)(=O)=O)cc2)CC1. The molecule has 1 heterocycles. The molecular weight excluding hydrogens is 316 g/mol. The highest BCUT2D eigenvalue weighted by atomic mass is 32.2. The van der Waals surface area contributed by atoms with Crippen LogP contribution in [0.5, 0.6) is 0 Å². The summed E-state index contributed by atoms with van der Waals surface area (Å²) in [6.45, 7) is 5.30. The largest absolute Gasteiger partial charge is 0.392 e. The monoisotopic (exact) mass is 340 g/mol. The molecule has 1 amide bonds. The first-order valence-electron chi connectivity index (χ1n) is 7.81. The molecule has 0 radical (unpaired) electrons. The lowest BCUT2D eigenvalue weighted by molar-refractivity contribution is 0.0523. The van der Waals surface area contributed by atoms with Crippen LogP contribution >= 0.6 is 0 Å². The molecule has 0 bridgehead atoms. The first-order valence-corrected chi connectivity index (χ1v) is 9.70. The summed E-state index contributed by atoms with van der Waals surface area (Å²) in [6.07, 6.45) is 1.56. The number of nitrogens with zero attached hydrogens (tertiary/aromatic N) is 2. The van der Waals surface area contributed by atoms with E-state index in [2.05, 4.69) is 4.90 Å². The Balaban J connectivity index is 1.95. The van der Waals surface area contributed by atoms with Gasteiger partial charge in [0.05, 0.1) is 11.0 Å². The van der Waals surface area contributed by atoms with Crippen LogP contribution in [0.15, 0.2) is 29.2 Å². The Bertz CT molecular complexity index is 635. The molecule has 0 saturated carbocycles. The predicted molar refractivity (Wildman–Crippen MR) is 88.2 cm³/mol. The number of benzene rings is 1. The quantitative estimate of drug-likeness (QED) is 0.850. The fourth-order valence-electron chi connectivity index (χ4n) is 2.59. The minimum atomic E-state index is -3.25. The van der Waals surface area contributed by atoms with E-state index in [0.717, 1.165) is 25.8 Å². The molecule has 0 spiro atoms. The Morgan fingerprint density at radius 1 is 1.17 bits per heavy atom. The highest BCUT2D eigenvalue weighted by Crippen LogP contribution is 2.13. The molecule has 2 rings (SSSR count). The lowest BCUT2D eigenvalue weighted by atomic mass is 10.1. The average Bonchev–Trinajstić information content (AvgIpc) is 2.54. The van der Waals surface area contributed by atoms with Crippen LogP contribution < -0.4 is 0 Å². The van der Waals surface area contributed by atoms with Crippen molar-refractivity contribution in [3.63, 3.8) is 0 Å². The number of aliphatic hydroxyl groups excluding tert-OH is 1. The number of hydrogen-bond acceptors (Lipinski definition) is 5. The highest BCUT2D eigenvalue weighted by Gasteiger charge is 2.23. The number of carbonyl (C=O) groups is 1. The van der Waals surface area contributed by atoms with Gasteiger partial charge >= 0.3 is 0 Å². The minimum absolute atomic E-state index is 0.0826. The summed E-state index contributed by atoms with van der Waals surface area (Å²) in [5, 5.41) is 9.68. The Labute approximate surface area is 137 Å². The predicted octanol–water partition coefficient (Wildman–Crippen LogP) is 0.619. The number of β-amino-alcohol motifs (C(OH)–C–C–N with tert-alkyl or cyclic N) is 1. The molecule has 0 aliphatic carbocycles. The van der Waals surface area contributed by atoms with Crippen molar-refractivity contribution >= 4 is 15.7 Å². The summed E-state index contributed by atoms with van der Waals surface area (Å²) in [4.78, 5) is 16.6. The smallest absolute Gasteiger partial charge is 0.253 e. The van der Waals surface area contributed by atoms with Crippen molar-refractivity contribution in [1.82, 2.24) is 9.80 Å². The van der Waals surface area contributed by atoms with Crippen LogP contribution in [0, 0.1) is 0 Å². The lowest BCUT2D eigenvalue weighted by Crippen LogP contribution is -2.50. The van der Waals surface area contributed by atoms with Gasteiger partial charge in [0.2, 0.25) is 0 Å². The van der Waals surface area contributed by atoms with Crippen molar-refractivity contribution in [2.45, 2.75) is 24.3 Å². The third kappa shape index (κ3) is 4.76. The molecule has 1 atom stereocenters. The normalized spacial score (nSPS) is 18.0. The third-order valence-electron chi connectivity index (χ3n) is 4.13. The van der Waals surface area contributed by atoms with E-state index in [4.69, 9.17) is 0 Å². The molecule has 1 aromatic carbocycles. The van der Waals surface area contributed by atoms with Gasteiger partial charge in [-0.05, 0) is 30.7 Å². The van der Waals surface area contributed by atoms with Gasteiger partial charge in [0.25, 0.3) is 5.91 Å². The fraction of sp³-hybridized carbons (Fsp3) is 0.562. The number of piperazine rings is 1. The van der Waals surface area contributed by atoms with Crippen molar-refractivity contribution in [3.05, 3.63) is 29.8 Å². The maximum Gasteiger partial charge on any atom is 0.253 e. The lowest BCUT2D eigenvalue weighted by Gasteiger charge is -2.35. The van der Waals surface area contributed by atoms with Gasteiger partial charge in [-0.2, -0.15) is 0 Å². The number of carbonyl (C=O) groups excluding carboxylic acids is 1. The standard InChI is InChI=1S/C16H24N2O4S/c1-3-14(19)12-17-8-10-18(11-9-17)16(20)13-4-6-15(7-5-13)23(2,21)22/h4-7,14,19H,3,8-12H2,1-2H3/t14-/m1/s1. The van der Waals surface area contributed by atoms with Gasteiger partial charge in [0, 0.05) is 44.5 Å². The number of sulfone groups is 1. The molecule has 6 nitrogen and oxygen atoms in total. The molecule has 7 heteroatoms. The topological polar surface area (TPSA) is 77.9 Å². The van der Waals surface area contributed by atoms with E-state index in [9.17, 15) is 18.3 Å². The maximum atomic E-state index is 12.5. The van der Waals surface area contributed by atoms with Crippen molar-refractivity contribution in [2.24, 2.45) is 0 Å². The van der Waals surface area contributed by atoms with Crippen LogP contribution in [0.4, 0.5) is 0 Å². The van der Waals surface area contributed by atoms with Gasteiger partial charge in [-0.1, -0.05) is 6.92 Å². The zero-order chi connectivity index (χ0) is 17.0. The van der Waals surface area contributed by atoms with Crippen LogP contribution in [0.1, 0.15) is 23.7 Å². The van der Waals surface area contributed by atoms with Gasteiger partial charge in [-0.3, -0.25) is 9.69 Å². The zero-order valence-electron chi connectivity index (χ0n) is 13.6. The Morgan fingerprint density at radius 2 is 1.74 bits per heavy atom. The van der Waals surface area contributed by atoms with Crippen LogP contribution in [0.2, 0.25) is 0 Å². The first-order chi connectivity index (χ1) is 10.8. The fourth-order valence-corrected chi connectivity index (χ4v) is 3.22. The second-order valence-corrected chi connectivity index (χ2v) is 7.97. The van der Waals surface area contributed by atoms with E-state index in [1.165, 1.54) is 12.1 Å². The Kier molecular flexibility index (Phi) is 5.78. The van der Waals surface area contributed by atoms with E-state index >= 15 is 0 Å². The molecule has 128 valence electrons. The second-order valence-electron chi connectivity index (χ2n) is 5.95. The van der Waals surface area contributed by atoms with E-state index in [1.807, 2.05) is 6.92 Å². The van der Waals surface area contributed by atoms with E-state index < -0.39 is 9.84 Å². The van der Waals surface area contributed by atoms with Crippen molar-refractivity contribution in [1.29, 1.82) is 0 Å². The molecule has 1 saturated heterocycles. The highest BCUT2D eigenvalue weighted by molar-refractivity contribution is 7.90. The summed E-state index contributed by atoms with van der Waals surface area (Å²) in [5.41, 5.74) is 0.499. The molecule has 1 aliphatic heterocycles. The van der Waals surface area contributed by atoms with E-state index in [-0.39, 0.29) is 16.9 Å². The van der Waals surface area contributed by atoms with E-state index in [0.29, 0.717) is 25.2 Å². The summed E-state index contributed by atoms with van der Waals surface area (Å²) in [6, 6.07) is 6.06. The molecule has 23 heavy (non-hydrogen) atoms. The molecule has 0 aromatic heterocycles. The van der Waals surface area contributed by atoms with Crippen LogP contribution in [-0.2, 0) is 9.84 Å². The van der Waals surface area contributed by atoms with Crippen molar-refractivity contribution < 1.29 is 18.3 Å². The van der Waals surface area contributed by atoms with Gasteiger partial charge < -0.3 is 10.0 Å². The van der Waals surface area contributed by atoms with Crippen molar-refractivity contribution in [2.75, 3.05) is 39.0 Å². The molecular formula is C16H24N2O4S. The van der Waals surface area contributed by atoms with Crippen LogP contribution in [0.3, 0.4) is 0 Å². The summed E-state index contributed by atoms with van der Waals surface area (Å²) >= 11 is 0. The molecule has 0 unspecified atom stereocenters. The van der Waals surface area contributed by atoms with Crippen LogP contribution in [-0.4, -0.2) is 74.3 Å². The number of amides is 1. The number of rotatable bonds is 5. The summed E-state index contributed by atoms with van der Waals surface area (Å²) in [7, 11) is -3.25. The maximum absolute atomic E-state index is 12.5. The summed E-state index contributed by atoms with van der Waals surface area (Å²) < 4.78 is 22.9. The molecule has 1 fully saturated rings. The zero-order valence-corrected chi connectivity index (χ0v) is 14.4. The Morgan fingerprint density at radius 3 is 2.22 bits per heavy atom. The van der Waals surface area contributed by atoms with Gasteiger partial charge in [0.15, 0.2) is 9.84 Å². The molecule has 1 aromatic rings. The molecule has 1 aliphatic rings. The van der Waals surface area contributed by atoms with Gasteiger partial charge in [-0.25, -0.2) is 8.42 Å². The third-order valence-corrected chi connectivity index (χ3v) is 5.26. The summed E-state index contributed by atoms with van der Waals surface area (Å²) in [5.74, 6) is -0.0826. The minimum Gasteiger partial charge on any atom is -0.392 e. The van der Waals surface area contributed by atoms with E-state index in [1.54, 1.807) is 17.0 Å². The van der Waals surface area contributed by atoms with Crippen LogP contribution in [0.25, 0.3) is 0 Å². The Hall–Kier alpha value is -1.44. The second kappa shape index (κ2) is 7.42. The van der Waals surface area contributed by atoms with Gasteiger partial charge in [0.1, 0.15) is 0 Å². The average molecular weight is 340 g/mol. The molecule has 1 N–H and O–H groups in total. The van der Waals surface area contributed by atoms with Gasteiger partial charge in [-0.15, -0.1) is 0 Å².